The molecular weight excluding hydrogens is 351 g/mol. The molecule has 0 atom stereocenters. The molecule has 0 aliphatic heterocycles. The third kappa shape index (κ3) is 4.00. The number of aromatic nitrogens is 2. The van der Waals surface area contributed by atoms with Gasteiger partial charge in [-0.05, 0) is 31.2 Å². The molecule has 2 aromatic carbocycles. The van der Waals surface area contributed by atoms with Gasteiger partial charge < -0.3 is 20.1 Å². The van der Waals surface area contributed by atoms with Crippen molar-refractivity contribution in [3.05, 3.63) is 54.0 Å². The largest absolute Gasteiger partial charge is 0.497 e. The summed E-state index contributed by atoms with van der Waals surface area (Å²) in [6, 6.07) is 10.6. The van der Waals surface area contributed by atoms with Crippen molar-refractivity contribution in [1.82, 2.24) is 10.2 Å². The predicted molar refractivity (Wildman–Crippen MR) is 101 cm³/mol. The molecule has 0 saturated heterocycles. The molecular formula is C19H19FN4O3. The normalized spacial score (nSPS) is 10.4. The van der Waals surface area contributed by atoms with E-state index in [2.05, 4.69) is 20.8 Å². The van der Waals surface area contributed by atoms with E-state index in [0.717, 1.165) is 0 Å². The smallest absolute Gasteiger partial charge is 0.323 e. The summed E-state index contributed by atoms with van der Waals surface area (Å²) in [5, 5.41) is 12.4. The SMILES string of the molecule is COc1ccc(NC(=O)Nc2c(-c3cccc(F)c3)n[nH]c2C)c(OC)c1. The highest BCUT2D eigenvalue weighted by Gasteiger charge is 2.16. The van der Waals surface area contributed by atoms with Gasteiger partial charge >= 0.3 is 6.03 Å². The van der Waals surface area contributed by atoms with Gasteiger partial charge in [0.1, 0.15) is 23.0 Å². The summed E-state index contributed by atoms with van der Waals surface area (Å²) in [6.07, 6.45) is 0. The van der Waals surface area contributed by atoms with E-state index >= 15 is 0 Å². The molecule has 0 spiro atoms. The van der Waals surface area contributed by atoms with Gasteiger partial charge in [-0.25, -0.2) is 9.18 Å². The highest BCUT2D eigenvalue weighted by molar-refractivity contribution is 6.03. The number of carbonyl (C=O) groups is 1. The Labute approximate surface area is 155 Å². The maximum absolute atomic E-state index is 13.5. The van der Waals surface area contributed by atoms with Gasteiger partial charge in [-0.3, -0.25) is 5.10 Å². The summed E-state index contributed by atoms with van der Waals surface area (Å²) in [4.78, 5) is 12.5. The molecule has 0 saturated carbocycles. The van der Waals surface area contributed by atoms with E-state index in [-0.39, 0.29) is 5.82 Å². The Balaban J connectivity index is 1.82. The number of amides is 2. The van der Waals surface area contributed by atoms with Crippen LogP contribution in [0.15, 0.2) is 42.5 Å². The number of methoxy groups -OCH3 is 2. The number of carbonyl (C=O) groups excluding carboxylic acids is 1. The van der Waals surface area contributed by atoms with Crippen LogP contribution in [0.1, 0.15) is 5.69 Å². The zero-order valence-corrected chi connectivity index (χ0v) is 15.1. The second-order valence-electron chi connectivity index (χ2n) is 5.73. The maximum atomic E-state index is 13.5. The van der Waals surface area contributed by atoms with Gasteiger partial charge in [0.05, 0.1) is 31.3 Å². The molecule has 0 radical (unpaired) electrons. The summed E-state index contributed by atoms with van der Waals surface area (Å²) >= 11 is 0. The lowest BCUT2D eigenvalue weighted by atomic mass is 10.1. The molecule has 3 N–H and O–H groups in total. The fourth-order valence-electron chi connectivity index (χ4n) is 2.60. The Kier molecular flexibility index (Phi) is 5.25. The first-order chi connectivity index (χ1) is 13.0. The third-order valence-electron chi connectivity index (χ3n) is 3.94. The first-order valence-electron chi connectivity index (χ1n) is 8.12. The van der Waals surface area contributed by atoms with E-state index in [1.54, 1.807) is 44.4 Å². The number of nitrogens with one attached hydrogen (secondary N) is 3. The van der Waals surface area contributed by atoms with Gasteiger partial charge in [-0.15, -0.1) is 0 Å². The van der Waals surface area contributed by atoms with Gasteiger partial charge in [-0.1, -0.05) is 12.1 Å². The summed E-state index contributed by atoms with van der Waals surface area (Å²) in [5.74, 6) is 0.683. The van der Waals surface area contributed by atoms with Crippen LogP contribution >= 0.6 is 0 Å². The molecule has 0 unspecified atom stereocenters. The van der Waals surface area contributed by atoms with Crippen LogP contribution in [0.2, 0.25) is 0 Å². The minimum absolute atomic E-state index is 0.383. The lowest BCUT2D eigenvalue weighted by Gasteiger charge is -2.13. The third-order valence-corrected chi connectivity index (χ3v) is 3.94. The second kappa shape index (κ2) is 7.77. The standard InChI is InChI=1S/C19H19FN4O3/c1-11-17(18(24-23-11)12-5-4-6-13(20)9-12)22-19(25)21-15-8-7-14(26-2)10-16(15)27-3/h4-10H,1-3H3,(H,23,24)(H2,21,22,25). The number of aromatic amines is 1. The van der Waals surface area contributed by atoms with Crippen LogP contribution in [-0.2, 0) is 0 Å². The maximum Gasteiger partial charge on any atom is 0.323 e. The van der Waals surface area contributed by atoms with Crippen molar-refractivity contribution in [2.75, 3.05) is 24.9 Å². The summed E-state index contributed by atoms with van der Waals surface area (Å²) in [6.45, 7) is 1.76. The molecule has 3 rings (SSSR count). The number of aryl methyl sites for hydroxylation is 1. The van der Waals surface area contributed by atoms with Crippen molar-refractivity contribution in [2.24, 2.45) is 0 Å². The molecule has 2 amide bonds. The number of benzene rings is 2. The summed E-state index contributed by atoms with van der Waals surface area (Å²) in [7, 11) is 3.05. The molecule has 7 nitrogen and oxygen atoms in total. The van der Waals surface area contributed by atoms with Crippen molar-refractivity contribution < 1.29 is 18.7 Å². The predicted octanol–water partition coefficient (Wildman–Crippen LogP) is 4.19. The Hall–Kier alpha value is -3.55. The van der Waals surface area contributed by atoms with Gasteiger partial charge in [0.25, 0.3) is 0 Å². The van der Waals surface area contributed by atoms with E-state index in [1.807, 2.05) is 0 Å². The van der Waals surface area contributed by atoms with E-state index in [1.165, 1.54) is 19.2 Å². The van der Waals surface area contributed by atoms with Gasteiger partial charge in [0, 0.05) is 11.6 Å². The molecule has 0 aliphatic carbocycles. The molecule has 27 heavy (non-hydrogen) atoms. The van der Waals surface area contributed by atoms with Crippen LogP contribution in [-0.4, -0.2) is 30.4 Å². The monoisotopic (exact) mass is 370 g/mol. The number of hydrogen-bond donors (Lipinski definition) is 3. The van der Waals surface area contributed by atoms with E-state index in [0.29, 0.717) is 39.8 Å². The molecule has 1 aromatic heterocycles. The number of hydrogen-bond acceptors (Lipinski definition) is 4. The van der Waals surface area contributed by atoms with Crippen LogP contribution in [0.4, 0.5) is 20.6 Å². The number of urea groups is 1. The number of anilines is 2. The number of ether oxygens (including phenoxy) is 2. The molecule has 8 heteroatoms. The molecule has 0 bridgehead atoms. The topological polar surface area (TPSA) is 88.3 Å². The van der Waals surface area contributed by atoms with Crippen LogP contribution in [0.25, 0.3) is 11.3 Å². The second-order valence-corrected chi connectivity index (χ2v) is 5.73. The lowest BCUT2D eigenvalue weighted by Crippen LogP contribution is -2.20. The highest BCUT2D eigenvalue weighted by atomic mass is 19.1. The van der Waals surface area contributed by atoms with E-state index in [9.17, 15) is 9.18 Å². The quantitative estimate of drug-likeness (QED) is 0.628. The average Bonchev–Trinajstić information content (AvgIpc) is 3.02. The van der Waals surface area contributed by atoms with Crippen LogP contribution in [0.5, 0.6) is 11.5 Å². The molecule has 0 fully saturated rings. The number of nitrogens with zero attached hydrogens (tertiary/aromatic N) is 1. The van der Waals surface area contributed by atoms with Crippen molar-refractivity contribution in [2.45, 2.75) is 6.92 Å². The van der Waals surface area contributed by atoms with Crippen molar-refractivity contribution in [1.29, 1.82) is 0 Å². The van der Waals surface area contributed by atoms with Crippen molar-refractivity contribution in [3.8, 4) is 22.8 Å². The van der Waals surface area contributed by atoms with Gasteiger partial charge in [0.2, 0.25) is 0 Å². The average molecular weight is 370 g/mol. The fourth-order valence-corrected chi connectivity index (χ4v) is 2.60. The van der Waals surface area contributed by atoms with E-state index in [4.69, 9.17) is 9.47 Å². The zero-order valence-electron chi connectivity index (χ0n) is 15.1. The Morgan fingerprint density at radius 2 is 1.93 bits per heavy atom. The Morgan fingerprint density at radius 1 is 1.11 bits per heavy atom. The molecule has 1 heterocycles. The first-order valence-corrected chi connectivity index (χ1v) is 8.12. The molecule has 3 aromatic rings. The molecule has 140 valence electrons. The highest BCUT2D eigenvalue weighted by Crippen LogP contribution is 2.31. The Bertz CT molecular complexity index is 971. The minimum Gasteiger partial charge on any atom is -0.497 e. The molecule has 0 aliphatic rings. The van der Waals surface area contributed by atoms with Gasteiger partial charge in [0.15, 0.2) is 0 Å². The zero-order chi connectivity index (χ0) is 19.4. The first kappa shape index (κ1) is 18.2. The van der Waals surface area contributed by atoms with Crippen molar-refractivity contribution in [3.63, 3.8) is 0 Å². The van der Waals surface area contributed by atoms with Crippen molar-refractivity contribution >= 4 is 17.4 Å². The minimum atomic E-state index is -0.486. The van der Waals surface area contributed by atoms with E-state index < -0.39 is 6.03 Å². The summed E-state index contributed by atoms with van der Waals surface area (Å²) in [5.41, 5.74) is 2.58. The van der Waals surface area contributed by atoms with Gasteiger partial charge in [-0.2, -0.15) is 5.10 Å². The van der Waals surface area contributed by atoms with Crippen LogP contribution in [0, 0.1) is 12.7 Å². The Morgan fingerprint density at radius 3 is 2.63 bits per heavy atom. The summed E-state index contributed by atoms with van der Waals surface area (Å²) < 4.78 is 23.9. The number of halogens is 1. The number of H-pyrrole nitrogens is 1. The lowest BCUT2D eigenvalue weighted by molar-refractivity contribution is 0.262. The number of rotatable bonds is 5. The van der Waals surface area contributed by atoms with Crippen LogP contribution < -0.4 is 20.1 Å². The fraction of sp³-hybridized carbons (Fsp3) is 0.158. The van der Waals surface area contributed by atoms with Crippen LogP contribution in [0.3, 0.4) is 0 Å².